The maximum absolute atomic E-state index is 14.9. The number of aromatic nitrogens is 4. The molecule has 1 aliphatic rings. The van der Waals surface area contributed by atoms with E-state index in [1.165, 1.54) is 0 Å². The summed E-state index contributed by atoms with van der Waals surface area (Å²) in [4.78, 5) is 22.3. The Labute approximate surface area is 229 Å². The molecule has 1 aromatic carbocycles. The van der Waals surface area contributed by atoms with Crippen LogP contribution >= 0.6 is 0 Å². The number of rotatable bonds is 10. The largest absolute Gasteiger partial charge is 0.323 e. The van der Waals surface area contributed by atoms with Gasteiger partial charge in [-0.1, -0.05) is 19.6 Å². The number of nitrogens with zero attached hydrogens (tertiary/aromatic N) is 7. The van der Waals surface area contributed by atoms with Gasteiger partial charge in [0.05, 0.1) is 17.2 Å². The zero-order valence-corrected chi connectivity index (χ0v) is 23.5. The summed E-state index contributed by atoms with van der Waals surface area (Å²) in [6.45, 7) is 19.4. The molecule has 0 amide bonds. The number of fused-ring (bicyclic) bond motifs is 1. The summed E-state index contributed by atoms with van der Waals surface area (Å²) in [5, 5.41) is 2.97. The van der Waals surface area contributed by atoms with Crippen molar-refractivity contribution in [3.05, 3.63) is 59.6 Å². The third-order valence-corrected chi connectivity index (χ3v) is 7.04. The Balaban J connectivity index is 1.51. The Morgan fingerprint density at radius 2 is 1.90 bits per heavy atom. The van der Waals surface area contributed by atoms with Gasteiger partial charge in [0.15, 0.2) is 5.82 Å². The van der Waals surface area contributed by atoms with Gasteiger partial charge >= 0.3 is 0 Å². The van der Waals surface area contributed by atoms with Crippen LogP contribution in [0.3, 0.4) is 0 Å². The van der Waals surface area contributed by atoms with Crippen LogP contribution in [0.4, 0.5) is 14.7 Å². The van der Waals surface area contributed by atoms with E-state index in [9.17, 15) is 8.78 Å². The van der Waals surface area contributed by atoms with Crippen LogP contribution < -0.4 is 5.32 Å². The van der Waals surface area contributed by atoms with E-state index < -0.39 is 12.5 Å². The Morgan fingerprint density at radius 1 is 1.18 bits per heavy atom. The standard InChI is InChI=1S/C29H38F2N8/c1-7-22(18-38-11-9-37(8-2)10-12-38)16-32-21(6)34-29-33-17-24(31)28(36-29)23-13-20(5)27-25(14-23)39(19(3)4)26(15-30)35-27/h7,13-14,16-17,19H,6,8-12,15,18H2,1-5H3,(H,33,34,36)/b22-7+,32-16?. The molecule has 0 spiro atoms. The number of halogens is 2. The van der Waals surface area contributed by atoms with Gasteiger partial charge < -0.3 is 14.8 Å². The summed E-state index contributed by atoms with van der Waals surface area (Å²) in [5.41, 5.74) is 4.03. The molecule has 208 valence electrons. The molecule has 10 heteroatoms. The van der Waals surface area contributed by atoms with Crippen LogP contribution in [0.15, 0.2) is 47.4 Å². The van der Waals surface area contributed by atoms with Gasteiger partial charge in [-0.05, 0) is 57.5 Å². The number of hydrogen-bond acceptors (Lipinski definition) is 7. The number of hydrogen-bond donors (Lipinski definition) is 1. The van der Waals surface area contributed by atoms with Crippen molar-refractivity contribution < 1.29 is 8.78 Å². The third-order valence-electron chi connectivity index (χ3n) is 7.04. The SMILES string of the molecule is C=C(N=C/C(=C\C)CN1CCN(CC)CC1)Nc1ncc(F)c(-c2cc(C)c3nc(CF)n(C(C)C)c3c2)n1. The van der Waals surface area contributed by atoms with E-state index in [-0.39, 0.29) is 17.7 Å². The number of imidazole rings is 1. The second-order valence-electron chi connectivity index (χ2n) is 10.1. The lowest BCUT2D eigenvalue weighted by atomic mass is 10.1. The number of likely N-dealkylation sites (N-methyl/N-ethyl adjacent to an activating group) is 1. The zero-order valence-electron chi connectivity index (χ0n) is 23.5. The van der Waals surface area contributed by atoms with Crippen LogP contribution in [0.5, 0.6) is 0 Å². The molecule has 1 saturated heterocycles. The highest BCUT2D eigenvalue weighted by molar-refractivity contribution is 5.85. The number of aryl methyl sites for hydroxylation is 1. The van der Waals surface area contributed by atoms with Gasteiger partial charge in [0.2, 0.25) is 5.95 Å². The van der Waals surface area contributed by atoms with Crippen molar-refractivity contribution in [2.24, 2.45) is 4.99 Å². The molecule has 0 bridgehead atoms. The van der Waals surface area contributed by atoms with E-state index in [4.69, 9.17) is 0 Å². The van der Waals surface area contributed by atoms with Crippen LogP contribution in [0.2, 0.25) is 0 Å². The zero-order chi connectivity index (χ0) is 28.1. The van der Waals surface area contributed by atoms with Crippen LogP contribution in [-0.4, -0.2) is 74.8 Å². The van der Waals surface area contributed by atoms with Crippen molar-refractivity contribution >= 4 is 23.2 Å². The fourth-order valence-electron chi connectivity index (χ4n) is 4.90. The number of piperazine rings is 1. The predicted octanol–water partition coefficient (Wildman–Crippen LogP) is 5.53. The number of alkyl halides is 1. The fourth-order valence-corrected chi connectivity index (χ4v) is 4.90. The van der Waals surface area contributed by atoms with Gasteiger partial charge in [-0.25, -0.2) is 28.7 Å². The minimum absolute atomic E-state index is 0.00734. The van der Waals surface area contributed by atoms with Crippen LogP contribution in [0.25, 0.3) is 22.3 Å². The first kappa shape index (κ1) is 28.5. The first-order chi connectivity index (χ1) is 18.7. The molecule has 4 rings (SSSR count). The third kappa shape index (κ3) is 6.57. The Hall–Kier alpha value is -3.50. The molecule has 8 nitrogen and oxygen atoms in total. The molecule has 1 fully saturated rings. The smallest absolute Gasteiger partial charge is 0.229 e. The molecule has 1 N–H and O–H groups in total. The first-order valence-electron chi connectivity index (χ1n) is 13.4. The summed E-state index contributed by atoms with van der Waals surface area (Å²) >= 11 is 0. The van der Waals surface area contributed by atoms with Crippen molar-refractivity contribution in [3.8, 4) is 11.3 Å². The van der Waals surface area contributed by atoms with E-state index >= 15 is 0 Å². The highest BCUT2D eigenvalue weighted by atomic mass is 19.1. The van der Waals surface area contributed by atoms with Crippen LogP contribution in [0.1, 0.15) is 45.1 Å². The molecule has 0 atom stereocenters. The number of benzene rings is 1. The molecule has 0 saturated carbocycles. The quantitative estimate of drug-likeness (QED) is 0.344. The second kappa shape index (κ2) is 12.6. The minimum atomic E-state index is -0.676. The second-order valence-corrected chi connectivity index (χ2v) is 10.1. The van der Waals surface area contributed by atoms with Gasteiger partial charge in [-0.2, -0.15) is 0 Å². The van der Waals surface area contributed by atoms with Crippen molar-refractivity contribution in [2.45, 2.75) is 47.3 Å². The maximum atomic E-state index is 14.9. The van der Waals surface area contributed by atoms with E-state index in [1.807, 2.05) is 44.4 Å². The topological polar surface area (TPSA) is 74.5 Å². The average Bonchev–Trinajstić information content (AvgIpc) is 3.32. The molecular weight excluding hydrogens is 498 g/mol. The normalized spacial score (nSPS) is 15.6. The minimum Gasteiger partial charge on any atom is -0.323 e. The van der Waals surface area contributed by atoms with Crippen molar-refractivity contribution in [1.82, 2.24) is 29.3 Å². The Kier molecular flexibility index (Phi) is 9.19. The Bertz CT molecular complexity index is 1380. The van der Waals surface area contributed by atoms with Crippen LogP contribution in [0, 0.1) is 12.7 Å². The lowest BCUT2D eigenvalue weighted by Gasteiger charge is -2.34. The number of anilines is 1. The average molecular weight is 537 g/mol. The predicted molar refractivity (Wildman–Crippen MR) is 154 cm³/mol. The summed E-state index contributed by atoms with van der Waals surface area (Å²) in [6.07, 6.45) is 4.96. The molecular formula is C29H38F2N8. The van der Waals surface area contributed by atoms with Crippen molar-refractivity contribution in [3.63, 3.8) is 0 Å². The number of aliphatic imine (C=N–C) groups is 1. The summed E-state index contributed by atoms with van der Waals surface area (Å²) in [5.74, 6) is 0.323. The van der Waals surface area contributed by atoms with Crippen LogP contribution in [-0.2, 0) is 6.67 Å². The molecule has 0 radical (unpaired) electrons. The van der Waals surface area contributed by atoms with Crippen molar-refractivity contribution in [1.29, 1.82) is 0 Å². The highest BCUT2D eigenvalue weighted by Gasteiger charge is 2.19. The van der Waals surface area contributed by atoms with Crippen molar-refractivity contribution in [2.75, 3.05) is 44.6 Å². The lowest BCUT2D eigenvalue weighted by Crippen LogP contribution is -2.46. The first-order valence-corrected chi connectivity index (χ1v) is 13.4. The van der Waals surface area contributed by atoms with Gasteiger partial charge in [-0.3, -0.25) is 4.90 Å². The van der Waals surface area contributed by atoms with E-state index in [2.05, 4.69) is 48.6 Å². The molecule has 39 heavy (non-hydrogen) atoms. The summed E-state index contributed by atoms with van der Waals surface area (Å²) in [7, 11) is 0. The van der Waals surface area contributed by atoms with E-state index in [0.717, 1.165) is 62.1 Å². The molecule has 0 unspecified atom stereocenters. The molecule has 0 aliphatic carbocycles. The molecule has 3 aromatic rings. The Morgan fingerprint density at radius 3 is 2.54 bits per heavy atom. The van der Waals surface area contributed by atoms with E-state index in [1.54, 1.807) is 12.3 Å². The summed E-state index contributed by atoms with van der Waals surface area (Å²) in [6, 6.07) is 3.60. The summed E-state index contributed by atoms with van der Waals surface area (Å²) < 4.78 is 30.4. The highest BCUT2D eigenvalue weighted by Crippen LogP contribution is 2.31. The fraction of sp³-hybridized carbons (Fsp3) is 0.448. The van der Waals surface area contributed by atoms with E-state index in [0.29, 0.717) is 22.7 Å². The number of nitrogens with one attached hydrogen (secondary N) is 1. The molecule has 1 aliphatic heterocycles. The van der Waals surface area contributed by atoms with Gasteiger partial charge in [0, 0.05) is 50.5 Å². The molecule has 3 heterocycles. The lowest BCUT2D eigenvalue weighted by molar-refractivity contribution is 0.147. The molecule has 2 aromatic heterocycles. The monoisotopic (exact) mass is 536 g/mol. The maximum Gasteiger partial charge on any atom is 0.229 e. The van der Waals surface area contributed by atoms with Gasteiger partial charge in [0.1, 0.15) is 24.0 Å². The van der Waals surface area contributed by atoms with Gasteiger partial charge in [0.25, 0.3) is 0 Å². The number of allylic oxidation sites excluding steroid dienone is 1. The van der Waals surface area contributed by atoms with Gasteiger partial charge in [-0.15, -0.1) is 0 Å².